The number of carbonyl (C=O) groups excluding carboxylic acids is 1. The Balaban J connectivity index is 1.83. The highest BCUT2D eigenvalue weighted by molar-refractivity contribution is 5.89. The number of para-hydroxylation sites is 2. The molecule has 168 valence electrons. The van der Waals surface area contributed by atoms with E-state index >= 15 is 0 Å². The van der Waals surface area contributed by atoms with Crippen LogP contribution in [0.2, 0.25) is 0 Å². The maximum absolute atomic E-state index is 13.6. The van der Waals surface area contributed by atoms with Gasteiger partial charge in [0.05, 0.1) is 22.6 Å². The highest BCUT2D eigenvalue weighted by Gasteiger charge is 2.26. The number of nitrogens with zero attached hydrogens (tertiary/aromatic N) is 3. The standard InChI is InChI=1S/C26H25FN4O2/c1-4-30(26(33)28-20-12-9-11-19(27)16-20)18(3)24-29-22-14-7-6-13-21(22)25(32)31(24)23-15-8-5-10-17(23)2/h5-16,18H,4H2,1-3H3,(H,28,33). The minimum atomic E-state index is -0.541. The van der Waals surface area contributed by atoms with E-state index in [1.54, 1.807) is 27.7 Å². The molecule has 6 nitrogen and oxygen atoms in total. The molecule has 0 fully saturated rings. The summed E-state index contributed by atoms with van der Waals surface area (Å²) in [5, 5.41) is 3.24. The zero-order valence-corrected chi connectivity index (χ0v) is 18.7. The largest absolute Gasteiger partial charge is 0.322 e. The molecule has 0 aliphatic rings. The highest BCUT2D eigenvalue weighted by atomic mass is 19.1. The van der Waals surface area contributed by atoms with Gasteiger partial charge in [-0.3, -0.25) is 9.36 Å². The summed E-state index contributed by atoms with van der Waals surface area (Å²) in [6.07, 6.45) is 0. The number of aryl methyl sites for hydroxylation is 1. The molecule has 1 N–H and O–H groups in total. The molecule has 0 spiro atoms. The molecular weight excluding hydrogens is 419 g/mol. The second kappa shape index (κ2) is 9.24. The van der Waals surface area contributed by atoms with Gasteiger partial charge in [-0.05, 0) is 62.7 Å². The maximum atomic E-state index is 13.6. The number of aromatic nitrogens is 2. The molecule has 0 aliphatic heterocycles. The van der Waals surface area contributed by atoms with Crippen LogP contribution in [-0.4, -0.2) is 27.0 Å². The molecule has 0 radical (unpaired) electrons. The smallest absolute Gasteiger partial charge is 0.315 e. The lowest BCUT2D eigenvalue weighted by Crippen LogP contribution is -2.39. The van der Waals surface area contributed by atoms with Gasteiger partial charge in [0.2, 0.25) is 0 Å². The fraction of sp³-hybridized carbons (Fsp3) is 0.192. The van der Waals surface area contributed by atoms with Crippen molar-refractivity contribution < 1.29 is 9.18 Å². The van der Waals surface area contributed by atoms with Crippen LogP contribution in [0.4, 0.5) is 14.9 Å². The zero-order valence-electron chi connectivity index (χ0n) is 18.7. The van der Waals surface area contributed by atoms with E-state index in [9.17, 15) is 14.0 Å². The van der Waals surface area contributed by atoms with Crippen LogP contribution in [-0.2, 0) is 0 Å². The number of amides is 2. The van der Waals surface area contributed by atoms with Gasteiger partial charge in [-0.15, -0.1) is 0 Å². The van der Waals surface area contributed by atoms with E-state index in [0.717, 1.165) is 5.56 Å². The van der Waals surface area contributed by atoms with E-state index in [-0.39, 0.29) is 5.56 Å². The predicted molar refractivity (Wildman–Crippen MR) is 128 cm³/mol. The Bertz CT molecular complexity index is 1380. The number of urea groups is 1. The number of hydrogen-bond acceptors (Lipinski definition) is 3. The van der Waals surface area contributed by atoms with Crippen LogP contribution >= 0.6 is 0 Å². The Labute approximate surface area is 191 Å². The van der Waals surface area contributed by atoms with E-state index < -0.39 is 17.9 Å². The van der Waals surface area contributed by atoms with E-state index in [4.69, 9.17) is 4.98 Å². The predicted octanol–water partition coefficient (Wildman–Crippen LogP) is 5.45. The lowest BCUT2D eigenvalue weighted by atomic mass is 10.1. The third-order valence-corrected chi connectivity index (χ3v) is 5.68. The van der Waals surface area contributed by atoms with E-state index in [1.807, 2.05) is 57.2 Å². The van der Waals surface area contributed by atoms with Gasteiger partial charge in [0.1, 0.15) is 11.6 Å². The van der Waals surface area contributed by atoms with Gasteiger partial charge in [0.25, 0.3) is 5.56 Å². The summed E-state index contributed by atoms with van der Waals surface area (Å²) < 4.78 is 15.2. The van der Waals surface area contributed by atoms with Gasteiger partial charge in [0, 0.05) is 12.2 Å². The van der Waals surface area contributed by atoms with Crippen molar-refractivity contribution in [1.82, 2.24) is 14.5 Å². The van der Waals surface area contributed by atoms with E-state index in [0.29, 0.717) is 34.6 Å². The molecule has 1 aromatic heterocycles. The third-order valence-electron chi connectivity index (χ3n) is 5.68. The first-order chi connectivity index (χ1) is 15.9. The first kappa shape index (κ1) is 22.2. The summed E-state index contributed by atoms with van der Waals surface area (Å²) in [6, 6.07) is 19.5. The lowest BCUT2D eigenvalue weighted by molar-refractivity contribution is 0.193. The molecule has 7 heteroatoms. The minimum absolute atomic E-state index is 0.196. The van der Waals surface area contributed by atoms with Crippen molar-refractivity contribution in [3.05, 3.63) is 100 Å². The molecule has 1 unspecified atom stereocenters. The van der Waals surface area contributed by atoms with Crippen molar-refractivity contribution in [2.75, 3.05) is 11.9 Å². The topological polar surface area (TPSA) is 67.2 Å². The number of rotatable bonds is 5. The van der Waals surface area contributed by atoms with Gasteiger partial charge in [0.15, 0.2) is 0 Å². The van der Waals surface area contributed by atoms with Crippen LogP contribution in [0.15, 0.2) is 77.6 Å². The molecule has 0 saturated carbocycles. The Morgan fingerprint density at radius 2 is 1.82 bits per heavy atom. The molecule has 3 aromatic carbocycles. The van der Waals surface area contributed by atoms with Crippen LogP contribution in [0.1, 0.15) is 31.3 Å². The Kier molecular flexibility index (Phi) is 6.22. The van der Waals surface area contributed by atoms with Crippen LogP contribution < -0.4 is 10.9 Å². The fourth-order valence-electron chi connectivity index (χ4n) is 3.97. The number of anilines is 1. The van der Waals surface area contributed by atoms with Gasteiger partial charge < -0.3 is 10.2 Å². The summed E-state index contributed by atoms with van der Waals surface area (Å²) in [6.45, 7) is 5.97. The van der Waals surface area contributed by atoms with E-state index in [1.165, 1.54) is 18.2 Å². The second-order valence-electron chi connectivity index (χ2n) is 7.82. The summed E-state index contributed by atoms with van der Waals surface area (Å²) in [5.74, 6) is 0.0118. The van der Waals surface area contributed by atoms with Crippen LogP contribution in [0, 0.1) is 12.7 Å². The van der Waals surface area contributed by atoms with Crippen molar-refractivity contribution in [1.29, 1.82) is 0 Å². The van der Waals surface area contributed by atoms with Gasteiger partial charge in [-0.1, -0.05) is 36.4 Å². The number of fused-ring (bicyclic) bond motifs is 1. The van der Waals surface area contributed by atoms with Crippen molar-refractivity contribution in [3.8, 4) is 5.69 Å². The maximum Gasteiger partial charge on any atom is 0.322 e. The normalized spacial score (nSPS) is 11.9. The van der Waals surface area contributed by atoms with Crippen LogP contribution in [0.5, 0.6) is 0 Å². The van der Waals surface area contributed by atoms with E-state index in [2.05, 4.69) is 5.32 Å². The van der Waals surface area contributed by atoms with Crippen molar-refractivity contribution >= 4 is 22.6 Å². The number of nitrogens with one attached hydrogen (secondary N) is 1. The molecule has 0 bridgehead atoms. The number of benzene rings is 3. The average molecular weight is 445 g/mol. The monoisotopic (exact) mass is 444 g/mol. The number of hydrogen-bond donors (Lipinski definition) is 1. The Morgan fingerprint density at radius 1 is 1.09 bits per heavy atom. The van der Waals surface area contributed by atoms with Crippen LogP contribution in [0.25, 0.3) is 16.6 Å². The zero-order chi connectivity index (χ0) is 23.5. The first-order valence-corrected chi connectivity index (χ1v) is 10.8. The van der Waals surface area contributed by atoms with Crippen LogP contribution in [0.3, 0.4) is 0 Å². The van der Waals surface area contributed by atoms with Gasteiger partial charge in [-0.2, -0.15) is 0 Å². The second-order valence-corrected chi connectivity index (χ2v) is 7.82. The third kappa shape index (κ3) is 4.35. The molecule has 2 amide bonds. The molecule has 1 atom stereocenters. The first-order valence-electron chi connectivity index (χ1n) is 10.8. The molecule has 4 rings (SSSR count). The van der Waals surface area contributed by atoms with Crippen molar-refractivity contribution in [2.24, 2.45) is 0 Å². The summed E-state index contributed by atoms with van der Waals surface area (Å²) in [4.78, 5) is 33.1. The SMILES string of the molecule is CCN(C(=O)Nc1cccc(F)c1)C(C)c1nc2ccccc2c(=O)n1-c1ccccc1C. The van der Waals surface area contributed by atoms with Crippen molar-refractivity contribution in [2.45, 2.75) is 26.8 Å². The molecule has 1 heterocycles. The minimum Gasteiger partial charge on any atom is -0.315 e. The lowest BCUT2D eigenvalue weighted by Gasteiger charge is -2.30. The number of halogens is 1. The van der Waals surface area contributed by atoms with Gasteiger partial charge in [-0.25, -0.2) is 14.2 Å². The summed E-state index contributed by atoms with van der Waals surface area (Å²) >= 11 is 0. The fourth-order valence-corrected chi connectivity index (χ4v) is 3.97. The summed E-state index contributed by atoms with van der Waals surface area (Å²) in [7, 11) is 0. The van der Waals surface area contributed by atoms with Crippen molar-refractivity contribution in [3.63, 3.8) is 0 Å². The quantitative estimate of drug-likeness (QED) is 0.445. The molecular formula is C26H25FN4O2. The highest BCUT2D eigenvalue weighted by Crippen LogP contribution is 2.25. The average Bonchev–Trinajstić information content (AvgIpc) is 2.80. The molecule has 0 saturated heterocycles. The number of carbonyl (C=O) groups is 1. The summed E-state index contributed by atoms with van der Waals surface area (Å²) in [5.41, 5.74) is 2.35. The Morgan fingerprint density at radius 3 is 2.55 bits per heavy atom. The molecule has 4 aromatic rings. The van der Waals surface area contributed by atoms with Gasteiger partial charge >= 0.3 is 6.03 Å². The Hall–Kier alpha value is -4.00. The molecule has 0 aliphatic carbocycles. The molecule has 33 heavy (non-hydrogen) atoms.